The van der Waals surface area contributed by atoms with E-state index in [-0.39, 0.29) is 5.56 Å². The Morgan fingerprint density at radius 3 is 2.64 bits per heavy atom. The summed E-state index contributed by atoms with van der Waals surface area (Å²) in [4.78, 5) is 23.3. The van der Waals surface area contributed by atoms with E-state index in [0.29, 0.717) is 5.82 Å². The summed E-state index contributed by atoms with van der Waals surface area (Å²) >= 11 is 0. The zero-order chi connectivity index (χ0) is 17.2. The van der Waals surface area contributed by atoms with Gasteiger partial charge in [0.05, 0.1) is 7.11 Å². The fourth-order valence-corrected chi connectivity index (χ4v) is 3.89. The van der Waals surface area contributed by atoms with Gasteiger partial charge in [0.1, 0.15) is 5.75 Å². The molecule has 0 bridgehead atoms. The highest BCUT2D eigenvalue weighted by Crippen LogP contribution is 2.30. The highest BCUT2D eigenvalue weighted by Gasteiger charge is 2.22. The van der Waals surface area contributed by atoms with Gasteiger partial charge in [-0.05, 0) is 36.5 Å². The van der Waals surface area contributed by atoms with Crippen LogP contribution in [0.4, 0.5) is 5.82 Å². The number of hydrogen-bond acceptors (Lipinski definition) is 5. The van der Waals surface area contributed by atoms with Crippen LogP contribution in [0.2, 0.25) is 0 Å². The first-order valence-corrected chi connectivity index (χ1v) is 8.94. The zero-order valence-electron chi connectivity index (χ0n) is 14.6. The molecule has 6 nitrogen and oxygen atoms in total. The van der Waals surface area contributed by atoms with Gasteiger partial charge in [-0.1, -0.05) is 6.07 Å². The van der Waals surface area contributed by atoms with Crippen molar-refractivity contribution in [3.05, 3.63) is 51.6 Å². The van der Waals surface area contributed by atoms with Crippen LogP contribution in [0.1, 0.15) is 23.1 Å². The van der Waals surface area contributed by atoms with Gasteiger partial charge in [0.25, 0.3) is 5.56 Å². The van der Waals surface area contributed by atoms with Gasteiger partial charge in [0.2, 0.25) is 0 Å². The van der Waals surface area contributed by atoms with Crippen molar-refractivity contribution < 1.29 is 4.74 Å². The van der Waals surface area contributed by atoms with E-state index in [0.717, 1.165) is 38.5 Å². The van der Waals surface area contributed by atoms with Crippen molar-refractivity contribution in [3.63, 3.8) is 0 Å². The number of aromatic nitrogens is 2. The Kier molecular flexibility index (Phi) is 4.44. The molecule has 132 valence electrons. The summed E-state index contributed by atoms with van der Waals surface area (Å²) in [5.74, 6) is 1.53. The van der Waals surface area contributed by atoms with Gasteiger partial charge >= 0.3 is 0 Å². The fourth-order valence-electron chi connectivity index (χ4n) is 3.89. The number of methoxy groups -OCH3 is 1. The number of benzene rings is 1. The summed E-state index contributed by atoms with van der Waals surface area (Å²) in [5, 5.41) is 0. The smallest absolute Gasteiger partial charge is 0.290 e. The van der Waals surface area contributed by atoms with E-state index in [4.69, 9.17) is 4.74 Å². The number of H-pyrrole nitrogens is 1. The van der Waals surface area contributed by atoms with Crippen LogP contribution >= 0.6 is 0 Å². The molecule has 0 amide bonds. The number of piperazine rings is 1. The Bertz CT molecular complexity index is 809. The van der Waals surface area contributed by atoms with E-state index in [1.54, 1.807) is 19.5 Å². The monoisotopic (exact) mass is 340 g/mol. The second-order valence-electron chi connectivity index (χ2n) is 6.79. The third kappa shape index (κ3) is 3.26. The lowest BCUT2D eigenvalue weighted by molar-refractivity contribution is 0.245. The zero-order valence-corrected chi connectivity index (χ0v) is 14.6. The number of anilines is 1. The third-order valence-corrected chi connectivity index (χ3v) is 5.25. The maximum atomic E-state index is 11.9. The second kappa shape index (κ2) is 6.88. The summed E-state index contributed by atoms with van der Waals surface area (Å²) in [7, 11) is 1.76. The van der Waals surface area contributed by atoms with Gasteiger partial charge in [-0.3, -0.25) is 9.69 Å². The molecule has 0 atom stereocenters. The van der Waals surface area contributed by atoms with Gasteiger partial charge in [-0.2, -0.15) is 0 Å². The molecule has 1 fully saturated rings. The third-order valence-electron chi connectivity index (χ3n) is 5.25. The minimum atomic E-state index is -0.115. The summed E-state index contributed by atoms with van der Waals surface area (Å²) in [6, 6.07) is 4.55. The molecule has 2 aliphatic rings. The predicted octanol–water partition coefficient (Wildman–Crippen LogP) is 1.59. The Hall–Kier alpha value is -2.34. The number of fused-ring (bicyclic) bond motifs is 1. The van der Waals surface area contributed by atoms with Crippen LogP contribution in [0, 0.1) is 0 Å². The van der Waals surface area contributed by atoms with E-state index in [1.807, 2.05) is 0 Å². The van der Waals surface area contributed by atoms with E-state index in [9.17, 15) is 4.79 Å². The molecule has 1 aromatic carbocycles. The van der Waals surface area contributed by atoms with Crippen LogP contribution in [-0.2, 0) is 19.4 Å². The normalized spacial score (nSPS) is 17.6. The molecule has 0 spiro atoms. The fraction of sp³-hybridized carbons (Fsp3) is 0.474. The highest BCUT2D eigenvalue weighted by molar-refractivity contribution is 5.45. The van der Waals surface area contributed by atoms with E-state index >= 15 is 0 Å². The van der Waals surface area contributed by atoms with Crippen LogP contribution in [0.15, 0.2) is 29.3 Å². The van der Waals surface area contributed by atoms with E-state index in [2.05, 4.69) is 31.9 Å². The van der Waals surface area contributed by atoms with Crippen molar-refractivity contribution in [1.82, 2.24) is 14.9 Å². The van der Waals surface area contributed by atoms with Gasteiger partial charge < -0.3 is 14.6 Å². The molecule has 6 heteroatoms. The van der Waals surface area contributed by atoms with Crippen molar-refractivity contribution in [1.29, 1.82) is 0 Å². The lowest BCUT2D eigenvalue weighted by Crippen LogP contribution is -2.47. The molecule has 1 aliphatic heterocycles. The molecule has 1 aromatic heterocycles. The molecule has 1 saturated heterocycles. The van der Waals surface area contributed by atoms with Crippen molar-refractivity contribution in [2.45, 2.75) is 25.8 Å². The summed E-state index contributed by atoms with van der Waals surface area (Å²) < 4.78 is 5.63. The number of aryl methyl sites for hydroxylation is 2. The number of rotatable bonds is 4. The Labute approximate surface area is 147 Å². The van der Waals surface area contributed by atoms with Crippen LogP contribution in [0.25, 0.3) is 0 Å². The molecule has 0 saturated carbocycles. The van der Waals surface area contributed by atoms with Crippen molar-refractivity contribution in [2.24, 2.45) is 0 Å². The molecule has 0 unspecified atom stereocenters. The largest absolute Gasteiger partial charge is 0.496 e. The average Bonchev–Trinajstić information content (AvgIpc) is 3.09. The summed E-state index contributed by atoms with van der Waals surface area (Å²) in [5.41, 5.74) is 4.08. The van der Waals surface area contributed by atoms with Gasteiger partial charge in [-0.15, -0.1) is 0 Å². The topological polar surface area (TPSA) is 61.5 Å². The molecule has 25 heavy (non-hydrogen) atoms. The first-order valence-electron chi connectivity index (χ1n) is 8.94. The number of nitrogens with zero attached hydrogens (tertiary/aromatic N) is 3. The average molecular weight is 340 g/mol. The number of nitrogens with one attached hydrogen (secondary N) is 1. The number of ether oxygens (including phenoxy) is 1. The molecule has 2 aromatic rings. The van der Waals surface area contributed by atoms with E-state index < -0.39 is 0 Å². The van der Waals surface area contributed by atoms with Crippen LogP contribution < -0.4 is 15.2 Å². The SMILES string of the molecule is COc1cc2c(cc1CN1CCN(c3ncc[nH]c3=O)CC1)CCC2. The molecular weight excluding hydrogens is 316 g/mol. The minimum Gasteiger partial charge on any atom is -0.496 e. The molecule has 2 heterocycles. The van der Waals surface area contributed by atoms with Crippen LogP contribution in [0.3, 0.4) is 0 Å². The maximum absolute atomic E-state index is 11.9. The Morgan fingerprint density at radius 2 is 1.92 bits per heavy atom. The molecule has 1 aliphatic carbocycles. The predicted molar refractivity (Wildman–Crippen MR) is 97.4 cm³/mol. The molecular formula is C19H24N4O2. The lowest BCUT2D eigenvalue weighted by atomic mass is 10.0. The standard InChI is InChI=1S/C19H24N4O2/c1-25-17-12-15-4-2-3-14(15)11-16(17)13-22-7-9-23(10-8-22)18-19(24)21-6-5-20-18/h5-6,11-12H,2-4,7-10,13H2,1H3,(H,21,24). The molecule has 1 N–H and O–H groups in total. The summed E-state index contributed by atoms with van der Waals surface area (Å²) in [6.45, 7) is 4.34. The molecule has 0 radical (unpaired) electrons. The van der Waals surface area contributed by atoms with Gasteiger partial charge in [0, 0.05) is 50.7 Å². The van der Waals surface area contributed by atoms with Crippen LogP contribution in [-0.4, -0.2) is 48.2 Å². The van der Waals surface area contributed by atoms with Gasteiger partial charge in [0.15, 0.2) is 5.82 Å². The summed E-state index contributed by atoms with van der Waals surface area (Å²) in [6.07, 6.45) is 6.81. The maximum Gasteiger partial charge on any atom is 0.290 e. The number of hydrogen-bond donors (Lipinski definition) is 1. The van der Waals surface area contributed by atoms with Crippen LogP contribution in [0.5, 0.6) is 5.75 Å². The van der Waals surface area contributed by atoms with Gasteiger partial charge in [-0.25, -0.2) is 4.98 Å². The first kappa shape index (κ1) is 16.1. The Morgan fingerprint density at radius 1 is 1.16 bits per heavy atom. The Balaban J connectivity index is 1.44. The lowest BCUT2D eigenvalue weighted by Gasteiger charge is -2.35. The van der Waals surface area contributed by atoms with Crippen molar-refractivity contribution >= 4 is 5.82 Å². The van der Waals surface area contributed by atoms with Crippen molar-refractivity contribution in [3.8, 4) is 5.75 Å². The molecule has 4 rings (SSSR count). The quantitative estimate of drug-likeness (QED) is 0.916. The van der Waals surface area contributed by atoms with Crippen molar-refractivity contribution in [2.75, 3.05) is 38.2 Å². The highest BCUT2D eigenvalue weighted by atomic mass is 16.5. The first-order chi connectivity index (χ1) is 12.2. The number of aromatic amines is 1. The second-order valence-corrected chi connectivity index (χ2v) is 6.79. The van der Waals surface area contributed by atoms with E-state index in [1.165, 1.54) is 36.0 Å². The minimum absolute atomic E-state index is 0.115.